The van der Waals surface area contributed by atoms with Crippen LogP contribution in [-0.2, 0) is 4.74 Å². The van der Waals surface area contributed by atoms with Crippen molar-refractivity contribution in [2.45, 2.75) is 13.0 Å². The number of morpholine rings is 1. The number of nitrogens with zero attached hydrogens (tertiary/aromatic N) is 1. The summed E-state index contributed by atoms with van der Waals surface area (Å²) >= 11 is 1.50. The van der Waals surface area contributed by atoms with Crippen molar-refractivity contribution in [3.8, 4) is 0 Å². The van der Waals surface area contributed by atoms with E-state index in [2.05, 4.69) is 5.32 Å². The molecule has 0 saturated carbocycles. The molecule has 2 rings (SSSR count). The van der Waals surface area contributed by atoms with Crippen LogP contribution in [0.25, 0.3) is 0 Å². The zero-order valence-corrected chi connectivity index (χ0v) is 11.0. The van der Waals surface area contributed by atoms with Crippen LogP contribution >= 0.6 is 11.3 Å². The van der Waals surface area contributed by atoms with Gasteiger partial charge in [0.05, 0.1) is 17.6 Å². The van der Waals surface area contributed by atoms with Crippen LogP contribution in [-0.4, -0.2) is 50.2 Å². The van der Waals surface area contributed by atoms with E-state index in [0.717, 1.165) is 30.1 Å². The van der Waals surface area contributed by atoms with Gasteiger partial charge in [-0.1, -0.05) is 0 Å². The molecule has 0 bridgehead atoms. The second-order valence-electron chi connectivity index (χ2n) is 4.32. The van der Waals surface area contributed by atoms with E-state index in [0.29, 0.717) is 6.54 Å². The number of likely N-dealkylation sites (N-methyl/N-ethyl adjacent to an activating group) is 1. The van der Waals surface area contributed by atoms with Crippen molar-refractivity contribution in [3.63, 3.8) is 0 Å². The summed E-state index contributed by atoms with van der Waals surface area (Å²) in [5.41, 5.74) is 1.05. The quantitative estimate of drug-likeness (QED) is 0.879. The summed E-state index contributed by atoms with van der Waals surface area (Å²) < 4.78 is 5.59. The molecule has 2 heterocycles. The highest BCUT2D eigenvalue weighted by Crippen LogP contribution is 2.17. The molecule has 5 heteroatoms. The molecule has 1 unspecified atom stereocenters. The van der Waals surface area contributed by atoms with E-state index in [1.54, 1.807) is 4.90 Å². The monoisotopic (exact) mass is 254 g/mol. The molecule has 4 nitrogen and oxygen atoms in total. The maximum Gasteiger partial charge on any atom is 0.264 e. The topological polar surface area (TPSA) is 41.6 Å². The van der Waals surface area contributed by atoms with Crippen LogP contribution in [0.3, 0.4) is 0 Å². The fourth-order valence-electron chi connectivity index (χ4n) is 1.89. The van der Waals surface area contributed by atoms with Gasteiger partial charge < -0.3 is 15.0 Å². The molecular weight excluding hydrogens is 236 g/mol. The Morgan fingerprint density at radius 3 is 3.12 bits per heavy atom. The minimum atomic E-state index is 0.0895. The Morgan fingerprint density at radius 1 is 1.71 bits per heavy atom. The van der Waals surface area contributed by atoms with Crippen molar-refractivity contribution in [3.05, 3.63) is 21.9 Å². The Balaban J connectivity index is 1.93. The van der Waals surface area contributed by atoms with Crippen LogP contribution in [0.5, 0.6) is 0 Å². The fraction of sp³-hybridized carbons (Fsp3) is 0.583. The molecular formula is C12H18N2O2S. The van der Waals surface area contributed by atoms with E-state index in [4.69, 9.17) is 4.74 Å². The molecule has 1 N–H and O–H groups in total. The van der Waals surface area contributed by atoms with Crippen molar-refractivity contribution in [2.75, 3.05) is 33.3 Å². The Labute approximate surface area is 106 Å². The van der Waals surface area contributed by atoms with E-state index in [9.17, 15) is 4.79 Å². The number of carbonyl (C=O) groups excluding carboxylic acids is 1. The molecule has 94 valence electrons. The summed E-state index contributed by atoms with van der Waals surface area (Å²) in [5, 5.41) is 5.22. The molecule has 0 aliphatic carbocycles. The van der Waals surface area contributed by atoms with Crippen molar-refractivity contribution in [1.29, 1.82) is 0 Å². The van der Waals surface area contributed by atoms with Gasteiger partial charge in [0.15, 0.2) is 0 Å². The van der Waals surface area contributed by atoms with Gasteiger partial charge in [-0.05, 0) is 23.9 Å². The van der Waals surface area contributed by atoms with Crippen LogP contribution in [0.2, 0.25) is 0 Å². The average molecular weight is 254 g/mol. The van der Waals surface area contributed by atoms with E-state index < -0.39 is 0 Å². The van der Waals surface area contributed by atoms with E-state index in [-0.39, 0.29) is 12.0 Å². The second kappa shape index (κ2) is 5.62. The van der Waals surface area contributed by atoms with Crippen LogP contribution in [0.4, 0.5) is 0 Å². The molecule has 1 fully saturated rings. The summed E-state index contributed by atoms with van der Waals surface area (Å²) in [6, 6.07) is 1.98. The lowest BCUT2D eigenvalue weighted by atomic mass is 10.2. The summed E-state index contributed by atoms with van der Waals surface area (Å²) in [6.45, 7) is 5.06. The number of ether oxygens (including phenoxy) is 1. The van der Waals surface area contributed by atoms with E-state index in [1.807, 2.05) is 25.4 Å². The van der Waals surface area contributed by atoms with Gasteiger partial charge in [-0.2, -0.15) is 0 Å². The van der Waals surface area contributed by atoms with Gasteiger partial charge in [-0.3, -0.25) is 4.79 Å². The lowest BCUT2D eigenvalue weighted by Crippen LogP contribution is -2.45. The molecule has 1 saturated heterocycles. The van der Waals surface area contributed by atoms with Crippen molar-refractivity contribution in [1.82, 2.24) is 10.2 Å². The number of carbonyl (C=O) groups is 1. The van der Waals surface area contributed by atoms with Crippen LogP contribution in [0.15, 0.2) is 11.4 Å². The highest BCUT2D eigenvalue weighted by Gasteiger charge is 2.20. The number of aryl methyl sites for hydroxylation is 1. The number of hydrogen-bond donors (Lipinski definition) is 1. The van der Waals surface area contributed by atoms with Crippen LogP contribution in [0.1, 0.15) is 15.2 Å². The molecule has 0 aromatic carbocycles. The first-order chi connectivity index (χ1) is 8.18. The smallest absolute Gasteiger partial charge is 0.264 e. The molecule has 0 radical (unpaired) electrons. The number of rotatable bonds is 3. The minimum Gasteiger partial charge on any atom is -0.374 e. The highest BCUT2D eigenvalue weighted by atomic mass is 32.1. The molecule has 17 heavy (non-hydrogen) atoms. The number of hydrogen-bond acceptors (Lipinski definition) is 4. The van der Waals surface area contributed by atoms with Gasteiger partial charge in [0.2, 0.25) is 0 Å². The molecule has 1 aromatic rings. The maximum absolute atomic E-state index is 12.2. The normalized spacial score (nSPS) is 20.2. The summed E-state index contributed by atoms with van der Waals surface area (Å²) in [6.07, 6.45) is 0.109. The van der Waals surface area contributed by atoms with Crippen LogP contribution in [0, 0.1) is 6.92 Å². The molecule has 0 spiro atoms. The fourth-order valence-corrected chi connectivity index (χ4v) is 2.81. The van der Waals surface area contributed by atoms with Crippen molar-refractivity contribution < 1.29 is 9.53 Å². The second-order valence-corrected chi connectivity index (χ2v) is 5.23. The molecule has 1 aliphatic heterocycles. The van der Waals surface area contributed by atoms with Crippen LogP contribution < -0.4 is 5.32 Å². The number of nitrogens with one attached hydrogen (secondary N) is 1. The van der Waals surface area contributed by atoms with Gasteiger partial charge in [0.25, 0.3) is 5.91 Å². The SMILES string of the molecule is Cc1ccsc1C(=O)N(C)CC1CNCCO1. The average Bonchev–Trinajstić information content (AvgIpc) is 2.76. The summed E-state index contributed by atoms with van der Waals surface area (Å²) in [5.74, 6) is 0.0895. The predicted molar refractivity (Wildman–Crippen MR) is 68.6 cm³/mol. The highest BCUT2D eigenvalue weighted by molar-refractivity contribution is 7.12. The Morgan fingerprint density at radius 2 is 2.53 bits per heavy atom. The van der Waals surface area contributed by atoms with Crippen molar-refractivity contribution >= 4 is 17.2 Å². The Bertz CT molecular complexity index is 386. The van der Waals surface area contributed by atoms with Gasteiger partial charge >= 0.3 is 0 Å². The molecule has 1 aromatic heterocycles. The third-order valence-electron chi connectivity index (χ3n) is 2.88. The molecule has 1 aliphatic rings. The Hall–Kier alpha value is -0.910. The van der Waals surface area contributed by atoms with Gasteiger partial charge in [0.1, 0.15) is 0 Å². The zero-order valence-electron chi connectivity index (χ0n) is 10.2. The summed E-state index contributed by atoms with van der Waals surface area (Å²) in [7, 11) is 1.83. The molecule has 1 amide bonds. The lowest BCUT2D eigenvalue weighted by Gasteiger charge is -2.28. The minimum absolute atomic E-state index is 0.0895. The van der Waals surface area contributed by atoms with Gasteiger partial charge in [-0.25, -0.2) is 0 Å². The first-order valence-corrected chi connectivity index (χ1v) is 6.68. The number of thiophene rings is 1. The van der Waals surface area contributed by atoms with E-state index >= 15 is 0 Å². The van der Waals surface area contributed by atoms with Gasteiger partial charge in [-0.15, -0.1) is 11.3 Å². The maximum atomic E-state index is 12.2. The number of amides is 1. The molecule has 1 atom stereocenters. The standard InChI is InChI=1S/C12H18N2O2S/c1-9-3-6-17-11(9)12(15)14(2)8-10-7-13-4-5-16-10/h3,6,10,13H,4-5,7-8H2,1-2H3. The van der Waals surface area contributed by atoms with Gasteiger partial charge in [0, 0.05) is 26.7 Å². The first kappa shape index (κ1) is 12.5. The van der Waals surface area contributed by atoms with E-state index in [1.165, 1.54) is 11.3 Å². The largest absolute Gasteiger partial charge is 0.374 e. The Kier molecular flexibility index (Phi) is 4.15. The van der Waals surface area contributed by atoms with Crippen molar-refractivity contribution in [2.24, 2.45) is 0 Å². The summed E-state index contributed by atoms with van der Waals surface area (Å²) in [4.78, 5) is 14.7. The predicted octanol–water partition coefficient (Wildman–Crippen LogP) is 1.12. The third-order valence-corrected chi connectivity index (χ3v) is 3.89. The first-order valence-electron chi connectivity index (χ1n) is 5.80. The third kappa shape index (κ3) is 3.06. The zero-order chi connectivity index (χ0) is 12.3. The lowest BCUT2D eigenvalue weighted by molar-refractivity contribution is 0.0105.